The van der Waals surface area contributed by atoms with Crippen molar-refractivity contribution < 1.29 is 9.72 Å². The molecule has 0 unspecified atom stereocenters. The molecule has 0 spiro atoms. The van der Waals surface area contributed by atoms with Crippen LogP contribution in [-0.2, 0) is 0 Å². The van der Waals surface area contributed by atoms with E-state index in [0.717, 1.165) is 0 Å². The van der Waals surface area contributed by atoms with Crippen molar-refractivity contribution in [1.82, 2.24) is 9.55 Å². The molecule has 0 bridgehead atoms. The number of nitro groups is 1. The number of para-hydroxylation sites is 1. The Bertz CT molecular complexity index is 903. The fraction of sp³-hybridized carbons (Fsp3) is 0.0588. The van der Waals surface area contributed by atoms with Gasteiger partial charge < -0.3 is 9.88 Å². The van der Waals surface area contributed by atoms with Gasteiger partial charge in [-0.1, -0.05) is 18.2 Å². The lowest BCUT2D eigenvalue weighted by molar-refractivity contribution is -0.384. The number of amides is 1. The number of aryl methyl sites for hydroxylation is 1. The van der Waals surface area contributed by atoms with E-state index >= 15 is 0 Å². The predicted octanol–water partition coefficient (Wildman–Crippen LogP) is 3.34. The van der Waals surface area contributed by atoms with E-state index in [2.05, 4.69) is 10.3 Å². The van der Waals surface area contributed by atoms with Crippen LogP contribution in [0.4, 0.5) is 11.4 Å². The topological polar surface area (TPSA) is 90.1 Å². The summed E-state index contributed by atoms with van der Waals surface area (Å²) < 4.78 is 1.71. The third-order valence-corrected chi connectivity index (χ3v) is 3.55. The van der Waals surface area contributed by atoms with Crippen molar-refractivity contribution in [2.75, 3.05) is 5.32 Å². The first-order chi connectivity index (χ1) is 11.6. The minimum absolute atomic E-state index is 0.144. The van der Waals surface area contributed by atoms with Crippen LogP contribution in [-0.4, -0.2) is 20.4 Å². The maximum Gasteiger partial charge on any atom is 0.270 e. The number of rotatable bonds is 4. The summed E-state index contributed by atoms with van der Waals surface area (Å²) in [5.41, 5.74) is 1.20. The Balaban J connectivity index is 2.06. The van der Waals surface area contributed by atoms with Crippen LogP contribution < -0.4 is 5.32 Å². The quantitative estimate of drug-likeness (QED) is 0.589. The Morgan fingerprint density at radius 2 is 1.96 bits per heavy atom. The monoisotopic (exact) mass is 322 g/mol. The van der Waals surface area contributed by atoms with Crippen LogP contribution in [0.3, 0.4) is 0 Å². The number of hydrogen-bond acceptors (Lipinski definition) is 4. The Morgan fingerprint density at radius 3 is 2.58 bits per heavy atom. The lowest BCUT2D eigenvalue weighted by atomic mass is 10.1. The second-order valence-corrected chi connectivity index (χ2v) is 5.12. The molecule has 1 amide bonds. The molecule has 0 atom stereocenters. The normalized spacial score (nSPS) is 10.4. The third-order valence-electron chi connectivity index (χ3n) is 3.55. The van der Waals surface area contributed by atoms with Crippen LogP contribution in [0, 0.1) is 17.0 Å². The minimum Gasteiger partial charge on any atom is -0.322 e. The molecule has 0 radical (unpaired) electrons. The fourth-order valence-electron chi connectivity index (χ4n) is 2.38. The Labute approximate surface area is 137 Å². The first-order valence-electron chi connectivity index (χ1n) is 7.21. The number of non-ortho nitro benzene ring substituents is 1. The van der Waals surface area contributed by atoms with E-state index in [4.69, 9.17) is 0 Å². The largest absolute Gasteiger partial charge is 0.322 e. The molecule has 1 N–H and O–H groups in total. The van der Waals surface area contributed by atoms with E-state index in [1.807, 2.05) is 6.07 Å². The van der Waals surface area contributed by atoms with E-state index in [9.17, 15) is 14.9 Å². The van der Waals surface area contributed by atoms with Crippen molar-refractivity contribution in [3.05, 3.63) is 82.4 Å². The molecular formula is C17H14N4O3. The number of hydrogen-bond donors (Lipinski definition) is 1. The zero-order chi connectivity index (χ0) is 17.1. The molecule has 120 valence electrons. The Morgan fingerprint density at radius 1 is 1.21 bits per heavy atom. The van der Waals surface area contributed by atoms with E-state index in [-0.39, 0.29) is 11.3 Å². The van der Waals surface area contributed by atoms with Crippen LogP contribution in [0.2, 0.25) is 0 Å². The zero-order valence-corrected chi connectivity index (χ0v) is 12.8. The highest BCUT2D eigenvalue weighted by molar-refractivity contribution is 6.07. The van der Waals surface area contributed by atoms with Gasteiger partial charge in [0.05, 0.1) is 16.2 Å². The van der Waals surface area contributed by atoms with E-state index in [0.29, 0.717) is 17.2 Å². The first-order valence-corrected chi connectivity index (χ1v) is 7.21. The number of nitrogens with zero attached hydrogens (tertiary/aromatic N) is 3. The van der Waals surface area contributed by atoms with Crippen molar-refractivity contribution >= 4 is 17.3 Å². The summed E-state index contributed by atoms with van der Waals surface area (Å²) >= 11 is 0. The highest BCUT2D eigenvalue weighted by atomic mass is 16.6. The number of anilines is 1. The van der Waals surface area contributed by atoms with Crippen LogP contribution in [0.25, 0.3) is 5.69 Å². The molecule has 1 aromatic heterocycles. The molecule has 0 aliphatic carbocycles. The van der Waals surface area contributed by atoms with Crippen molar-refractivity contribution in [3.8, 4) is 5.69 Å². The first kappa shape index (κ1) is 15.4. The predicted molar refractivity (Wildman–Crippen MR) is 89.4 cm³/mol. The van der Waals surface area contributed by atoms with Crippen LogP contribution >= 0.6 is 0 Å². The summed E-state index contributed by atoms with van der Waals surface area (Å²) in [6, 6.07) is 13.1. The van der Waals surface area contributed by atoms with Gasteiger partial charge in [-0.05, 0) is 25.1 Å². The highest BCUT2D eigenvalue weighted by Gasteiger charge is 2.19. The fourth-order valence-corrected chi connectivity index (χ4v) is 2.38. The molecular weight excluding hydrogens is 308 g/mol. The summed E-state index contributed by atoms with van der Waals surface area (Å²) in [6.45, 7) is 1.79. The van der Waals surface area contributed by atoms with Crippen molar-refractivity contribution in [3.63, 3.8) is 0 Å². The standard InChI is InChI=1S/C17H14N4O3/c1-12-18-9-10-20(12)16-8-7-14(21(23)24)11-15(16)17(22)19-13-5-3-2-4-6-13/h2-11H,1H3,(H,19,22). The van der Waals surface area contributed by atoms with Crippen molar-refractivity contribution in [1.29, 1.82) is 0 Å². The van der Waals surface area contributed by atoms with E-state index in [1.165, 1.54) is 12.1 Å². The van der Waals surface area contributed by atoms with Gasteiger partial charge in [-0.2, -0.15) is 0 Å². The maximum absolute atomic E-state index is 12.6. The van der Waals surface area contributed by atoms with Gasteiger partial charge in [0, 0.05) is 30.2 Å². The average molecular weight is 322 g/mol. The van der Waals surface area contributed by atoms with Gasteiger partial charge in [-0.15, -0.1) is 0 Å². The molecule has 7 heteroatoms. The van der Waals surface area contributed by atoms with Gasteiger partial charge in [0.25, 0.3) is 11.6 Å². The highest BCUT2D eigenvalue weighted by Crippen LogP contribution is 2.23. The van der Waals surface area contributed by atoms with Crippen molar-refractivity contribution in [2.24, 2.45) is 0 Å². The molecule has 7 nitrogen and oxygen atoms in total. The molecule has 2 aromatic carbocycles. The van der Waals surface area contributed by atoms with Crippen molar-refractivity contribution in [2.45, 2.75) is 6.92 Å². The minimum atomic E-state index is -0.524. The lowest BCUT2D eigenvalue weighted by Gasteiger charge is -2.12. The van der Waals surface area contributed by atoms with Gasteiger partial charge in [-0.3, -0.25) is 14.9 Å². The molecule has 24 heavy (non-hydrogen) atoms. The number of carbonyl (C=O) groups excluding carboxylic acids is 1. The number of imidazole rings is 1. The van der Waals surface area contributed by atoms with Gasteiger partial charge >= 0.3 is 0 Å². The lowest BCUT2D eigenvalue weighted by Crippen LogP contribution is -2.15. The molecule has 3 rings (SSSR count). The summed E-state index contributed by atoms with van der Waals surface area (Å²) in [5, 5.41) is 13.8. The number of benzene rings is 2. The molecule has 0 aliphatic rings. The average Bonchev–Trinajstić information content (AvgIpc) is 3.01. The second-order valence-electron chi connectivity index (χ2n) is 5.12. The molecule has 3 aromatic rings. The summed E-state index contributed by atoms with van der Waals surface area (Å²) in [4.78, 5) is 27.3. The zero-order valence-electron chi connectivity index (χ0n) is 12.8. The second kappa shape index (κ2) is 6.33. The van der Waals surface area contributed by atoms with Gasteiger partial charge in [-0.25, -0.2) is 4.98 Å². The van der Waals surface area contributed by atoms with Gasteiger partial charge in [0.1, 0.15) is 5.82 Å². The van der Waals surface area contributed by atoms with Gasteiger partial charge in [0.2, 0.25) is 0 Å². The number of nitrogens with one attached hydrogen (secondary N) is 1. The molecule has 1 heterocycles. The smallest absolute Gasteiger partial charge is 0.270 e. The SMILES string of the molecule is Cc1nccn1-c1ccc([N+](=O)[O-])cc1C(=O)Nc1ccccc1. The number of nitro benzene ring substituents is 1. The summed E-state index contributed by atoms with van der Waals surface area (Å²) in [7, 11) is 0. The number of carbonyl (C=O) groups is 1. The van der Waals surface area contributed by atoms with Gasteiger partial charge in [0.15, 0.2) is 0 Å². The van der Waals surface area contributed by atoms with Crippen LogP contribution in [0.1, 0.15) is 16.2 Å². The third kappa shape index (κ3) is 3.00. The molecule has 0 aliphatic heterocycles. The van der Waals surface area contributed by atoms with Crippen LogP contribution in [0.15, 0.2) is 60.9 Å². The summed E-state index contributed by atoms with van der Waals surface area (Å²) in [5.74, 6) is 0.255. The Kier molecular flexibility index (Phi) is 4.07. The van der Waals surface area contributed by atoms with E-state index in [1.54, 1.807) is 54.2 Å². The Hall–Kier alpha value is -3.48. The van der Waals surface area contributed by atoms with E-state index < -0.39 is 10.8 Å². The summed E-state index contributed by atoms with van der Waals surface area (Å²) in [6.07, 6.45) is 3.31. The maximum atomic E-state index is 12.6. The number of aromatic nitrogens is 2. The van der Waals surface area contributed by atoms with Crippen LogP contribution in [0.5, 0.6) is 0 Å². The molecule has 0 saturated carbocycles. The molecule has 0 fully saturated rings. The molecule has 0 saturated heterocycles.